The number of benzene rings is 2. The molecule has 38 heavy (non-hydrogen) atoms. The smallest absolute Gasteiger partial charge is 0.338 e. The van der Waals surface area contributed by atoms with E-state index in [0.29, 0.717) is 33.4 Å². The molecule has 0 saturated carbocycles. The molecule has 1 N–H and O–H groups in total. The van der Waals surface area contributed by atoms with Crippen molar-refractivity contribution < 1.29 is 23.9 Å². The molecule has 1 aliphatic rings. The lowest BCUT2D eigenvalue weighted by Gasteiger charge is -2.23. The summed E-state index contributed by atoms with van der Waals surface area (Å²) in [5.41, 5.74) is 1.86. The van der Waals surface area contributed by atoms with Crippen LogP contribution < -0.4 is 15.0 Å². The van der Waals surface area contributed by atoms with Crippen LogP contribution in [0.25, 0.3) is 0 Å². The van der Waals surface area contributed by atoms with E-state index >= 15 is 0 Å². The highest BCUT2D eigenvalue weighted by molar-refractivity contribution is 7.80. The fourth-order valence-corrected chi connectivity index (χ4v) is 4.68. The van der Waals surface area contributed by atoms with Gasteiger partial charge in [-0.25, -0.2) is 4.79 Å². The molecule has 2 aromatic carbocycles. The highest BCUT2D eigenvalue weighted by atomic mass is 35.5. The van der Waals surface area contributed by atoms with Crippen molar-refractivity contribution in [2.24, 2.45) is 0 Å². The van der Waals surface area contributed by atoms with E-state index in [9.17, 15) is 14.4 Å². The molecular formula is C27H25ClN4O5S. The van der Waals surface area contributed by atoms with Crippen molar-refractivity contribution in [1.29, 1.82) is 0 Å². The Morgan fingerprint density at radius 1 is 1.13 bits per heavy atom. The molecule has 2 amide bonds. The molecule has 0 aliphatic carbocycles. The summed E-state index contributed by atoms with van der Waals surface area (Å²) in [6.07, 6.45) is 1.46. The highest BCUT2D eigenvalue weighted by Crippen LogP contribution is 2.34. The fourth-order valence-electron chi connectivity index (χ4n) is 4.04. The van der Waals surface area contributed by atoms with E-state index in [-0.39, 0.29) is 30.6 Å². The molecule has 4 rings (SSSR count). The maximum absolute atomic E-state index is 13.6. The molecule has 1 aliphatic heterocycles. The first-order valence-electron chi connectivity index (χ1n) is 11.8. The zero-order valence-corrected chi connectivity index (χ0v) is 22.3. The largest absolute Gasteiger partial charge is 0.495 e. The maximum Gasteiger partial charge on any atom is 0.338 e. The van der Waals surface area contributed by atoms with Gasteiger partial charge in [0.1, 0.15) is 11.8 Å². The summed E-state index contributed by atoms with van der Waals surface area (Å²) in [6.45, 7) is 2.18. The van der Waals surface area contributed by atoms with Crippen LogP contribution in [0.2, 0.25) is 5.02 Å². The van der Waals surface area contributed by atoms with E-state index in [0.717, 1.165) is 0 Å². The second-order valence-corrected chi connectivity index (χ2v) is 9.07. The Balaban J connectivity index is 1.58. The summed E-state index contributed by atoms with van der Waals surface area (Å²) in [6, 6.07) is 15.9. The van der Waals surface area contributed by atoms with Crippen LogP contribution in [0.5, 0.6) is 5.75 Å². The number of methoxy groups -OCH3 is 1. The number of amides is 2. The average Bonchev–Trinajstić information content (AvgIpc) is 3.13. The van der Waals surface area contributed by atoms with Gasteiger partial charge in [-0.3, -0.25) is 19.5 Å². The van der Waals surface area contributed by atoms with Gasteiger partial charge in [-0.15, -0.1) is 0 Å². The van der Waals surface area contributed by atoms with Crippen molar-refractivity contribution in [3.8, 4) is 5.75 Å². The molecule has 11 heteroatoms. The zero-order valence-electron chi connectivity index (χ0n) is 20.7. The highest BCUT2D eigenvalue weighted by Gasteiger charge is 2.44. The first-order valence-corrected chi connectivity index (χ1v) is 12.6. The van der Waals surface area contributed by atoms with Gasteiger partial charge in [-0.05, 0) is 67.7 Å². The molecule has 2 heterocycles. The monoisotopic (exact) mass is 552 g/mol. The molecule has 0 spiro atoms. The average molecular weight is 553 g/mol. The van der Waals surface area contributed by atoms with E-state index < -0.39 is 17.9 Å². The maximum atomic E-state index is 13.6. The second-order valence-electron chi connectivity index (χ2n) is 8.29. The Kier molecular flexibility index (Phi) is 8.55. The lowest BCUT2D eigenvalue weighted by molar-refractivity contribution is -0.124. The number of rotatable bonds is 9. The number of pyridine rings is 1. The Morgan fingerprint density at radius 2 is 1.95 bits per heavy atom. The third-order valence-corrected chi connectivity index (χ3v) is 6.52. The topological polar surface area (TPSA) is 101 Å². The second kappa shape index (κ2) is 12.0. The van der Waals surface area contributed by atoms with E-state index in [4.69, 9.17) is 33.3 Å². The third-order valence-electron chi connectivity index (χ3n) is 5.81. The lowest BCUT2D eigenvalue weighted by Crippen LogP contribution is -2.37. The number of nitrogens with one attached hydrogen (secondary N) is 1. The molecule has 1 saturated heterocycles. The van der Waals surface area contributed by atoms with Gasteiger partial charge in [-0.2, -0.15) is 0 Å². The van der Waals surface area contributed by atoms with Gasteiger partial charge in [0, 0.05) is 11.9 Å². The Hall–Kier alpha value is -4.02. The Morgan fingerprint density at radius 3 is 2.63 bits per heavy atom. The van der Waals surface area contributed by atoms with Crippen LogP contribution in [0, 0.1) is 0 Å². The van der Waals surface area contributed by atoms with Crippen molar-refractivity contribution in [2.75, 3.05) is 23.9 Å². The molecule has 0 bridgehead atoms. The molecular weight excluding hydrogens is 528 g/mol. The summed E-state index contributed by atoms with van der Waals surface area (Å²) in [7, 11) is 1.50. The zero-order chi connectivity index (χ0) is 27.2. The van der Waals surface area contributed by atoms with Crippen LogP contribution in [0.3, 0.4) is 0 Å². The van der Waals surface area contributed by atoms with Crippen LogP contribution in [0.4, 0.5) is 11.4 Å². The number of hydrogen-bond acceptors (Lipinski definition) is 7. The molecule has 0 radical (unpaired) electrons. The molecule has 1 aromatic heterocycles. The van der Waals surface area contributed by atoms with Crippen LogP contribution in [0.1, 0.15) is 29.4 Å². The Labute approximate surface area is 230 Å². The van der Waals surface area contributed by atoms with Crippen molar-refractivity contribution >= 4 is 58.1 Å². The van der Waals surface area contributed by atoms with E-state index in [1.54, 1.807) is 60.5 Å². The number of aromatic nitrogens is 1. The number of carbonyl (C=O) groups is 3. The summed E-state index contributed by atoms with van der Waals surface area (Å²) >= 11 is 12.0. The van der Waals surface area contributed by atoms with Crippen molar-refractivity contribution in [2.45, 2.75) is 25.9 Å². The fraction of sp³-hybridized carbons (Fsp3) is 0.222. The number of thiocarbonyl (C=S) groups is 1. The van der Waals surface area contributed by atoms with Crippen LogP contribution in [-0.4, -0.2) is 52.5 Å². The van der Waals surface area contributed by atoms with E-state index in [1.807, 2.05) is 12.1 Å². The van der Waals surface area contributed by atoms with Crippen LogP contribution in [0.15, 0.2) is 66.9 Å². The minimum atomic E-state index is -0.890. The summed E-state index contributed by atoms with van der Waals surface area (Å²) in [4.78, 5) is 46.2. The summed E-state index contributed by atoms with van der Waals surface area (Å²) in [5, 5.41) is 3.31. The minimum absolute atomic E-state index is 0.185. The molecule has 1 atom stereocenters. The summed E-state index contributed by atoms with van der Waals surface area (Å²) < 4.78 is 10.2. The van der Waals surface area contributed by atoms with Crippen LogP contribution in [-0.2, 0) is 20.9 Å². The van der Waals surface area contributed by atoms with Gasteiger partial charge in [0.2, 0.25) is 5.91 Å². The molecule has 9 nitrogen and oxygen atoms in total. The number of esters is 1. The standard InChI is InChI=1S/C27H25ClN4O5S/c1-3-37-26(35)17-7-6-9-18(13-17)30-24(33)15-22-25(34)32(20-10-11-23(36-2)21(28)14-20)27(38)31(22)16-19-8-4-5-12-29-19/h4-14,22H,3,15-16H2,1-2H3,(H,30,33)/t22-/m1/s1. The third kappa shape index (κ3) is 5.92. The van der Waals surface area contributed by atoms with Crippen molar-refractivity contribution in [3.05, 3.63) is 83.1 Å². The van der Waals surface area contributed by atoms with Gasteiger partial charge in [0.25, 0.3) is 5.91 Å². The van der Waals surface area contributed by atoms with Gasteiger partial charge >= 0.3 is 5.97 Å². The first kappa shape index (κ1) is 27.0. The first-order chi connectivity index (χ1) is 18.3. The van der Waals surface area contributed by atoms with Crippen LogP contribution >= 0.6 is 23.8 Å². The number of hydrogen-bond donors (Lipinski definition) is 1. The summed E-state index contributed by atoms with van der Waals surface area (Å²) in [5.74, 6) is -0.829. The molecule has 0 unspecified atom stereocenters. The van der Waals surface area contributed by atoms with Gasteiger partial charge < -0.3 is 19.7 Å². The number of carbonyl (C=O) groups excluding carboxylic acids is 3. The molecule has 196 valence electrons. The normalized spacial score (nSPS) is 15.0. The van der Waals surface area contributed by atoms with Crippen molar-refractivity contribution in [1.82, 2.24) is 9.88 Å². The predicted molar refractivity (Wildman–Crippen MR) is 147 cm³/mol. The predicted octanol–water partition coefficient (Wildman–Crippen LogP) is 4.45. The van der Waals surface area contributed by atoms with E-state index in [1.165, 1.54) is 18.1 Å². The number of anilines is 2. The quantitative estimate of drug-likeness (QED) is 0.307. The molecule has 3 aromatic rings. The van der Waals surface area contributed by atoms with Gasteiger partial charge in [-0.1, -0.05) is 23.7 Å². The SMILES string of the molecule is CCOC(=O)c1cccc(NC(=O)C[C@@H]2C(=O)N(c3ccc(OC)c(Cl)c3)C(=S)N2Cc2ccccn2)c1. The van der Waals surface area contributed by atoms with E-state index in [2.05, 4.69) is 10.3 Å². The Bertz CT molecular complexity index is 1370. The van der Waals surface area contributed by atoms with Gasteiger partial charge in [0.15, 0.2) is 5.11 Å². The number of halogens is 1. The number of ether oxygens (including phenoxy) is 2. The lowest BCUT2D eigenvalue weighted by atomic mass is 10.1. The number of nitrogens with zero attached hydrogens (tertiary/aromatic N) is 3. The minimum Gasteiger partial charge on any atom is -0.495 e. The molecule has 1 fully saturated rings. The van der Waals surface area contributed by atoms with Crippen molar-refractivity contribution in [3.63, 3.8) is 0 Å². The van der Waals surface area contributed by atoms with Gasteiger partial charge in [0.05, 0.1) is 48.6 Å².